The Morgan fingerprint density at radius 3 is 2.75 bits per heavy atom. The van der Waals surface area contributed by atoms with Crippen molar-refractivity contribution < 1.29 is 17.7 Å². The average molecular weight is 194 g/mol. The summed E-state index contributed by atoms with van der Waals surface area (Å²) in [4.78, 5) is 0. The van der Waals surface area contributed by atoms with Crippen LogP contribution in [0.2, 0.25) is 0 Å². The minimum atomic E-state index is -3.85. The van der Waals surface area contributed by atoms with Gasteiger partial charge >= 0.3 is 0 Å². The van der Waals surface area contributed by atoms with Crippen molar-refractivity contribution in [3.8, 4) is 0 Å². The summed E-state index contributed by atoms with van der Waals surface area (Å²) < 4.78 is 35.0. The molecule has 1 fully saturated rings. The molecule has 0 amide bonds. The third-order valence-corrected chi connectivity index (χ3v) is 3.41. The van der Waals surface area contributed by atoms with E-state index in [-0.39, 0.29) is 0 Å². The smallest absolute Gasteiger partial charge is 0.267 e. The van der Waals surface area contributed by atoms with Gasteiger partial charge in [0.1, 0.15) is 0 Å². The summed E-state index contributed by atoms with van der Waals surface area (Å²) in [7, 11) is -3.85. The van der Waals surface area contributed by atoms with E-state index >= 15 is 0 Å². The third kappa shape index (κ3) is 2.73. The highest BCUT2D eigenvalue weighted by atomic mass is 32.2. The maximum atomic E-state index is 10.6. The van der Waals surface area contributed by atoms with Gasteiger partial charge in [0.15, 0.2) is 0 Å². The Morgan fingerprint density at radius 2 is 2.33 bits per heavy atom. The van der Waals surface area contributed by atoms with Crippen molar-refractivity contribution >= 4 is 10.1 Å². The molecule has 72 valence electrons. The van der Waals surface area contributed by atoms with Crippen LogP contribution in [0.3, 0.4) is 0 Å². The molecule has 0 bridgehead atoms. The van der Waals surface area contributed by atoms with Gasteiger partial charge in [0.2, 0.25) is 0 Å². The summed E-state index contributed by atoms with van der Waals surface area (Å²) >= 11 is 0. The molecule has 0 aromatic rings. The van der Waals surface area contributed by atoms with Crippen molar-refractivity contribution in [2.75, 3.05) is 13.2 Å². The Balaban J connectivity index is 2.40. The highest BCUT2D eigenvalue weighted by Gasteiger charge is 2.24. The Kier molecular flexibility index (Phi) is 3.09. The molecule has 0 aliphatic carbocycles. The maximum Gasteiger partial charge on any atom is 0.267 e. The van der Waals surface area contributed by atoms with Crippen LogP contribution in [0.4, 0.5) is 0 Å². The lowest BCUT2D eigenvalue weighted by Gasteiger charge is -2.11. The van der Waals surface area contributed by atoms with E-state index in [2.05, 4.69) is 0 Å². The van der Waals surface area contributed by atoms with Gasteiger partial charge in [-0.2, -0.15) is 8.42 Å². The molecule has 1 rings (SSSR count). The van der Waals surface area contributed by atoms with Gasteiger partial charge in [-0.1, -0.05) is 0 Å². The van der Waals surface area contributed by atoms with Gasteiger partial charge in [0.25, 0.3) is 10.1 Å². The number of hydrogen-bond acceptors (Lipinski definition) is 3. The van der Waals surface area contributed by atoms with Crippen molar-refractivity contribution in [1.82, 2.24) is 0 Å². The minimum absolute atomic E-state index is 0.293. The second-order valence-corrected chi connectivity index (χ2v) is 5.13. The van der Waals surface area contributed by atoms with Crippen molar-refractivity contribution in [2.45, 2.75) is 25.0 Å². The predicted octanol–water partition coefficient (Wildman–Crippen LogP) is 0.689. The van der Waals surface area contributed by atoms with E-state index in [1.165, 1.54) is 6.92 Å². The fourth-order valence-corrected chi connectivity index (χ4v) is 1.88. The van der Waals surface area contributed by atoms with E-state index in [0.29, 0.717) is 25.6 Å². The Labute approximate surface area is 72.7 Å². The topological polar surface area (TPSA) is 63.6 Å². The fraction of sp³-hybridized carbons (Fsp3) is 1.00. The standard InChI is InChI=1S/C7H14O4S/c1-6(12(8,9)10)4-7-2-3-11-5-7/h6-7H,2-5H2,1H3,(H,8,9,10)/t6?,7-/m1/s1. The van der Waals surface area contributed by atoms with Gasteiger partial charge in [-0.3, -0.25) is 4.55 Å². The molecule has 1 heterocycles. The lowest BCUT2D eigenvalue weighted by atomic mass is 10.0. The molecular weight excluding hydrogens is 180 g/mol. The summed E-state index contributed by atoms with van der Waals surface area (Å²) in [5.41, 5.74) is 0. The average Bonchev–Trinajstić information content (AvgIpc) is 2.37. The molecule has 1 aliphatic heterocycles. The fourth-order valence-electron chi connectivity index (χ4n) is 1.36. The van der Waals surface area contributed by atoms with Crippen LogP contribution in [0.25, 0.3) is 0 Å². The van der Waals surface area contributed by atoms with Gasteiger partial charge in [0.05, 0.1) is 5.25 Å². The second-order valence-electron chi connectivity index (χ2n) is 3.29. The maximum absolute atomic E-state index is 10.6. The number of ether oxygens (including phenoxy) is 1. The van der Waals surface area contributed by atoms with Crippen molar-refractivity contribution in [1.29, 1.82) is 0 Å². The summed E-state index contributed by atoms with van der Waals surface area (Å²) in [6.07, 6.45) is 1.40. The molecule has 1 N–H and O–H groups in total. The summed E-state index contributed by atoms with van der Waals surface area (Å²) in [6, 6.07) is 0. The van der Waals surface area contributed by atoms with Crippen LogP contribution in [-0.4, -0.2) is 31.4 Å². The molecule has 0 saturated carbocycles. The van der Waals surface area contributed by atoms with Crippen LogP contribution in [0.15, 0.2) is 0 Å². The normalized spacial score (nSPS) is 27.3. The molecule has 12 heavy (non-hydrogen) atoms. The van der Waals surface area contributed by atoms with E-state index < -0.39 is 15.4 Å². The molecule has 1 aliphatic rings. The third-order valence-electron chi connectivity index (χ3n) is 2.20. The van der Waals surface area contributed by atoms with E-state index in [0.717, 1.165) is 6.42 Å². The van der Waals surface area contributed by atoms with E-state index in [1.54, 1.807) is 0 Å². The lowest BCUT2D eigenvalue weighted by Crippen LogP contribution is -2.20. The summed E-state index contributed by atoms with van der Waals surface area (Å²) in [6.45, 7) is 2.86. The molecule has 0 radical (unpaired) electrons. The molecule has 5 heteroatoms. The van der Waals surface area contributed by atoms with Crippen LogP contribution in [0.5, 0.6) is 0 Å². The Morgan fingerprint density at radius 1 is 1.67 bits per heavy atom. The van der Waals surface area contributed by atoms with Gasteiger partial charge in [-0.25, -0.2) is 0 Å². The number of rotatable bonds is 3. The minimum Gasteiger partial charge on any atom is -0.381 e. The van der Waals surface area contributed by atoms with Gasteiger partial charge in [-0.05, 0) is 25.7 Å². The number of hydrogen-bond donors (Lipinski definition) is 1. The first-order valence-electron chi connectivity index (χ1n) is 4.04. The van der Waals surface area contributed by atoms with E-state index in [9.17, 15) is 8.42 Å². The predicted molar refractivity (Wildman–Crippen MR) is 44.6 cm³/mol. The van der Waals surface area contributed by atoms with Crippen LogP contribution in [0.1, 0.15) is 19.8 Å². The largest absolute Gasteiger partial charge is 0.381 e. The zero-order valence-electron chi connectivity index (χ0n) is 7.06. The summed E-state index contributed by atoms with van der Waals surface area (Å²) in [5, 5.41) is -0.663. The first-order valence-corrected chi connectivity index (χ1v) is 5.54. The SMILES string of the molecule is CC(C[C@H]1CCOC1)S(=O)(=O)O. The molecule has 4 nitrogen and oxygen atoms in total. The first kappa shape index (κ1) is 9.95. The molecule has 2 atom stereocenters. The van der Waals surface area contributed by atoms with Crippen LogP contribution in [-0.2, 0) is 14.9 Å². The zero-order valence-corrected chi connectivity index (χ0v) is 7.88. The van der Waals surface area contributed by atoms with Gasteiger partial charge < -0.3 is 4.74 Å². The molecule has 0 aromatic heterocycles. The van der Waals surface area contributed by atoms with Crippen LogP contribution in [0, 0.1) is 5.92 Å². The van der Waals surface area contributed by atoms with E-state index in [4.69, 9.17) is 9.29 Å². The Hall–Kier alpha value is -0.130. The van der Waals surface area contributed by atoms with Crippen molar-refractivity contribution in [3.05, 3.63) is 0 Å². The van der Waals surface area contributed by atoms with Crippen molar-refractivity contribution in [3.63, 3.8) is 0 Å². The van der Waals surface area contributed by atoms with E-state index in [1.807, 2.05) is 0 Å². The highest BCUT2D eigenvalue weighted by Crippen LogP contribution is 2.20. The molecule has 1 unspecified atom stereocenters. The molecule has 0 aromatic carbocycles. The molecular formula is C7H14O4S. The van der Waals surface area contributed by atoms with Crippen LogP contribution < -0.4 is 0 Å². The van der Waals surface area contributed by atoms with Crippen LogP contribution >= 0.6 is 0 Å². The van der Waals surface area contributed by atoms with Gasteiger partial charge in [-0.15, -0.1) is 0 Å². The summed E-state index contributed by atoms with van der Waals surface area (Å²) in [5.74, 6) is 0.293. The Bertz CT molecular complexity index is 228. The monoisotopic (exact) mass is 194 g/mol. The first-order chi connectivity index (χ1) is 5.50. The zero-order chi connectivity index (χ0) is 9.19. The quantitative estimate of drug-likeness (QED) is 0.671. The molecule has 0 spiro atoms. The lowest BCUT2D eigenvalue weighted by molar-refractivity contribution is 0.184. The highest BCUT2D eigenvalue weighted by molar-refractivity contribution is 7.86. The van der Waals surface area contributed by atoms with Crippen molar-refractivity contribution in [2.24, 2.45) is 5.92 Å². The molecule has 1 saturated heterocycles. The van der Waals surface area contributed by atoms with Gasteiger partial charge in [0, 0.05) is 13.2 Å². The second kappa shape index (κ2) is 3.72.